The number of anilines is 2. The van der Waals surface area contributed by atoms with Gasteiger partial charge in [0.1, 0.15) is 36.4 Å². The van der Waals surface area contributed by atoms with Crippen LogP contribution in [-0.2, 0) is 16.1 Å². The minimum absolute atomic E-state index is 0.0432. The number of amides is 1. The van der Waals surface area contributed by atoms with E-state index in [2.05, 4.69) is 29.9 Å². The number of nitrogen functional groups attached to an aromatic ring is 1. The summed E-state index contributed by atoms with van der Waals surface area (Å²) in [7, 11) is 0. The SMILES string of the molecule is CC=O.CCOc1cc(N2CCN(C(=O)Cn3nc(-c4ncc[nH]4)c4c(N)ncnc43)CC2)ccc1Cl. The Balaban J connectivity index is 0.00000102. The van der Waals surface area contributed by atoms with Gasteiger partial charge in [0.25, 0.3) is 0 Å². The van der Waals surface area contributed by atoms with Crippen LogP contribution in [0.5, 0.6) is 5.75 Å². The number of hydrogen-bond donors (Lipinski definition) is 2. The first-order chi connectivity index (χ1) is 18.0. The highest BCUT2D eigenvalue weighted by Crippen LogP contribution is 2.31. The van der Waals surface area contributed by atoms with E-state index in [-0.39, 0.29) is 18.3 Å². The number of imidazole rings is 1. The molecular weight excluding hydrogens is 498 g/mol. The Morgan fingerprint density at radius 1 is 1.22 bits per heavy atom. The Hall–Kier alpha value is -4.19. The van der Waals surface area contributed by atoms with Gasteiger partial charge in [-0.25, -0.2) is 19.6 Å². The number of H-pyrrole nitrogens is 1. The lowest BCUT2D eigenvalue weighted by Gasteiger charge is -2.36. The number of aromatic amines is 1. The summed E-state index contributed by atoms with van der Waals surface area (Å²) in [5, 5.41) is 5.74. The quantitative estimate of drug-likeness (QED) is 0.362. The monoisotopic (exact) mass is 525 g/mol. The highest BCUT2D eigenvalue weighted by atomic mass is 35.5. The summed E-state index contributed by atoms with van der Waals surface area (Å²) in [6.07, 6.45) is 5.44. The molecule has 0 aliphatic carbocycles. The first-order valence-electron chi connectivity index (χ1n) is 11.8. The van der Waals surface area contributed by atoms with Crippen LogP contribution in [0.4, 0.5) is 11.5 Å². The van der Waals surface area contributed by atoms with Gasteiger partial charge in [0.2, 0.25) is 5.91 Å². The molecule has 1 saturated heterocycles. The molecule has 0 unspecified atom stereocenters. The predicted molar refractivity (Wildman–Crippen MR) is 140 cm³/mol. The molecule has 0 bridgehead atoms. The zero-order valence-electron chi connectivity index (χ0n) is 20.6. The van der Waals surface area contributed by atoms with Crippen molar-refractivity contribution in [1.82, 2.24) is 34.6 Å². The van der Waals surface area contributed by atoms with Crippen molar-refractivity contribution in [3.05, 3.63) is 41.9 Å². The highest BCUT2D eigenvalue weighted by molar-refractivity contribution is 6.32. The molecule has 0 saturated carbocycles. The molecule has 194 valence electrons. The molecule has 1 aliphatic heterocycles. The first-order valence-corrected chi connectivity index (χ1v) is 12.2. The lowest BCUT2D eigenvalue weighted by atomic mass is 10.2. The van der Waals surface area contributed by atoms with Crippen molar-refractivity contribution in [3.8, 4) is 17.3 Å². The standard InChI is InChI=1S/C22H24ClN9O2.C2H4O/c1-2-34-16-11-14(3-4-15(16)23)30-7-9-31(10-8-30)17(33)12-32-22-18(20(24)27-13-28-22)19(29-32)21-25-5-6-26-21;1-2-3/h3-6,11,13H,2,7-10,12H2,1H3,(H,25,26)(H2,24,27,28);2H,1H3. The number of rotatable bonds is 6. The second-order valence-corrected chi connectivity index (χ2v) is 8.46. The van der Waals surface area contributed by atoms with Gasteiger partial charge in [0.15, 0.2) is 11.5 Å². The maximum atomic E-state index is 13.1. The van der Waals surface area contributed by atoms with Gasteiger partial charge in [-0.3, -0.25) is 4.79 Å². The number of hydrogen-bond acceptors (Lipinski definition) is 9. The molecule has 37 heavy (non-hydrogen) atoms. The summed E-state index contributed by atoms with van der Waals surface area (Å²) < 4.78 is 7.17. The van der Waals surface area contributed by atoms with Crippen molar-refractivity contribution in [2.45, 2.75) is 20.4 Å². The number of halogens is 1. The van der Waals surface area contributed by atoms with Crippen molar-refractivity contribution < 1.29 is 14.3 Å². The van der Waals surface area contributed by atoms with Crippen LogP contribution in [0.1, 0.15) is 13.8 Å². The molecule has 1 aliphatic rings. The van der Waals surface area contributed by atoms with Crippen LogP contribution in [-0.4, -0.2) is 79.6 Å². The number of fused-ring (bicyclic) bond motifs is 1. The molecule has 4 heterocycles. The molecule has 3 aromatic heterocycles. The van der Waals surface area contributed by atoms with Crippen LogP contribution in [0.15, 0.2) is 36.9 Å². The van der Waals surface area contributed by atoms with Gasteiger partial charge >= 0.3 is 0 Å². The summed E-state index contributed by atoms with van der Waals surface area (Å²) >= 11 is 6.21. The molecule has 1 aromatic carbocycles. The van der Waals surface area contributed by atoms with E-state index in [0.717, 1.165) is 12.0 Å². The number of nitrogens with one attached hydrogen (secondary N) is 1. The Labute approximate surface area is 218 Å². The number of carbonyl (C=O) groups excluding carboxylic acids is 2. The molecule has 12 nitrogen and oxygen atoms in total. The molecule has 0 spiro atoms. The fourth-order valence-corrected chi connectivity index (χ4v) is 4.27. The minimum atomic E-state index is -0.0432. The van der Waals surface area contributed by atoms with Crippen molar-refractivity contribution in [2.24, 2.45) is 0 Å². The third-order valence-electron chi connectivity index (χ3n) is 5.78. The predicted octanol–water partition coefficient (Wildman–Crippen LogP) is 2.40. The molecule has 4 aromatic rings. The second kappa shape index (κ2) is 11.7. The van der Waals surface area contributed by atoms with Gasteiger partial charge in [-0.2, -0.15) is 5.10 Å². The lowest BCUT2D eigenvalue weighted by molar-refractivity contribution is -0.132. The van der Waals surface area contributed by atoms with Gasteiger partial charge in [0.05, 0.1) is 17.0 Å². The molecule has 13 heteroatoms. The number of nitrogens with zero attached hydrogens (tertiary/aromatic N) is 7. The third-order valence-corrected chi connectivity index (χ3v) is 6.09. The van der Waals surface area contributed by atoms with E-state index in [1.165, 1.54) is 13.3 Å². The van der Waals surface area contributed by atoms with Gasteiger partial charge in [-0.1, -0.05) is 11.6 Å². The first kappa shape index (κ1) is 25.9. The van der Waals surface area contributed by atoms with E-state index in [0.29, 0.717) is 66.1 Å². The Bertz CT molecular complexity index is 1370. The van der Waals surface area contributed by atoms with Crippen LogP contribution in [0.2, 0.25) is 5.02 Å². The van der Waals surface area contributed by atoms with Gasteiger partial charge in [-0.15, -0.1) is 0 Å². The number of ether oxygens (including phenoxy) is 1. The zero-order valence-corrected chi connectivity index (χ0v) is 21.4. The van der Waals surface area contributed by atoms with Gasteiger partial charge in [-0.05, 0) is 26.0 Å². The van der Waals surface area contributed by atoms with Crippen molar-refractivity contribution in [3.63, 3.8) is 0 Å². The van der Waals surface area contributed by atoms with E-state index >= 15 is 0 Å². The average Bonchev–Trinajstić information content (AvgIpc) is 3.55. The molecule has 3 N–H and O–H groups in total. The molecular formula is C24H28ClN9O3. The topological polar surface area (TPSA) is 148 Å². The Kier molecular flexibility index (Phi) is 8.18. The summed E-state index contributed by atoms with van der Waals surface area (Å²) in [6, 6.07) is 5.75. The third kappa shape index (κ3) is 5.64. The van der Waals surface area contributed by atoms with E-state index in [1.54, 1.807) is 17.1 Å². The van der Waals surface area contributed by atoms with Crippen molar-refractivity contribution in [2.75, 3.05) is 43.4 Å². The smallest absolute Gasteiger partial charge is 0.244 e. The number of piperazine rings is 1. The summed E-state index contributed by atoms with van der Waals surface area (Å²) in [5.74, 6) is 1.46. The fraction of sp³-hybridized carbons (Fsp3) is 0.333. The van der Waals surface area contributed by atoms with E-state index in [1.807, 2.05) is 30.0 Å². The lowest BCUT2D eigenvalue weighted by Crippen LogP contribution is -2.49. The molecule has 5 rings (SSSR count). The molecule has 1 amide bonds. The molecule has 1 fully saturated rings. The van der Waals surface area contributed by atoms with Crippen LogP contribution >= 0.6 is 11.6 Å². The van der Waals surface area contributed by atoms with Crippen LogP contribution < -0.4 is 15.4 Å². The highest BCUT2D eigenvalue weighted by Gasteiger charge is 2.25. The Morgan fingerprint density at radius 3 is 2.65 bits per heavy atom. The number of benzene rings is 1. The van der Waals surface area contributed by atoms with E-state index < -0.39 is 0 Å². The summed E-state index contributed by atoms with van der Waals surface area (Å²) in [6.45, 7) is 6.54. The second-order valence-electron chi connectivity index (χ2n) is 8.05. The van der Waals surface area contributed by atoms with Gasteiger partial charge < -0.3 is 30.0 Å². The molecule has 0 radical (unpaired) electrons. The maximum absolute atomic E-state index is 13.1. The summed E-state index contributed by atoms with van der Waals surface area (Å²) in [4.78, 5) is 41.7. The average molecular weight is 526 g/mol. The number of aldehydes is 1. The van der Waals surface area contributed by atoms with Crippen molar-refractivity contribution >= 4 is 46.3 Å². The van der Waals surface area contributed by atoms with Crippen LogP contribution in [0, 0.1) is 0 Å². The van der Waals surface area contributed by atoms with Crippen LogP contribution in [0.3, 0.4) is 0 Å². The van der Waals surface area contributed by atoms with E-state index in [4.69, 9.17) is 26.9 Å². The van der Waals surface area contributed by atoms with Gasteiger partial charge in [0, 0.05) is 50.3 Å². The maximum Gasteiger partial charge on any atom is 0.244 e. The molecule has 0 atom stereocenters. The van der Waals surface area contributed by atoms with Crippen LogP contribution in [0.25, 0.3) is 22.6 Å². The largest absolute Gasteiger partial charge is 0.492 e. The number of aromatic nitrogens is 6. The number of nitrogens with two attached hydrogens (primary N) is 1. The number of carbonyl (C=O) groups is 2. The van der Waals surface area contributed by atoms with E-state index in [9.17, 15) is 4.79 Å². The minimum Gasteiger partial charge on any atom is -0.492 e. The zero-order chi connectivity index (χ0) is 26.4. The fourth-order valence-electron chi connectivity index (χ4n) is 4.10. The Morgan fingerprint density at radius 2 is 1.97 bits per heavy atom. The van der Waals surface area contributed by atoms with Crippen molar-refractivity contribution in [1.29, 1.82) is 0 Å². The normalized spacial score (nSPS) is 13.3. The summed E-state index contributed by atoms with van der Waals surface area (Å²) in [5.41, 5.74) is 8.13.